The smallest absolute Gasteiger partial charge is 0.164 e. The Labute approximate surface area is 346 Å². The van der Waals surface area contributed by atoms with Gasteiger partial charge in [0.1, 0.15) is 11.5 Å². The van der Waals surface area contributed by atoms with Crippen LogP contribution in [0.3, 0.4) is 0 Å². The highest BCUT2D eigenvalue weighted by Gasteiger charge is 2.54. The molecule has 6 nitrogen and oxygen atoms in total. The Balaban J connectivity index is 1.21. The van der Waals surface area contributed by atoms with Crippen LogP contribution < -0.4 is 4.74 Å². The first kappa shape index (κ1) is 34.0. The van der Waals surface area contributed by atoms with Crippen LogP contribution in [0.5, 0.6) is 11.5 Å². The molecule has 2 aliphatic rings. The summed E-state index contributed by atoms with van der Waals surface area (Å²) in [6.07, 6.45) is 0. The molecule has 0 amide bonds. The third-order valence-corrected chi connectivity index (χ3v) is 11.8. The number of benzene rings is 8. The van der Waals surface area contributed by atoms with Crippen molar-refractivity contribution >= 4 is 10.9 Å². The Morgan fingerprint density at radius 2 is 0.750 bits per heavy atom. The van der Waals surface area contributed by atoms with Gasteiger partial charge in [-0.15, -0.1) is 0 Å². The molecular weight excluding hydrogens is 735 g/mol. The van der Waals surface area contributed by atoms with Crippen LogP contribution in [0, 0.1) is 0 Å². The summed E-state index contributed by atoms with van der Waals surface area (Å²) >= 11 is 0. The molecule has 8 aromatic carbocycles. The van der Waals surface area contributed by atoms with Gasteiger partial charge in [-0.05, 0) is 40.5 Å². The highest BCUT2D eigenvalue weighted by atomic mass is 16.5. The number of hydrogen-bond acceptors (Lipinski definition) is 6. The molecule has 1 spiro atoms. The van der Waals surface area contributed by atoms with Crippen LogP contribution in [0.1, 0.15) is 22.3 Å². The van der Waals surface area contributed by atoms with E-state index in [-0.39, 0.29) is 0 Å². The van der Waals surface area contributed by atoms with E-state index in [0.717, 1.165) is 89.3 Å². The molecule has 12 rings (SSSR count). The minimum Gasteiger partial charge on any atom is -0.457 e. The largest absolute Gasteiger partial charge is 0.457 e. The lowest BCUT2D eigenvalue weighted by Gasteiger charge is -2.40. The summed E-state index contributed by atoms with van der Waals surface area (Å²) in [7, 11) is 0. The van der Waals surface area contributed by atoms with Crippen LogP contribution >= 0.6 is 0 Å². The zero-order chi connectivity index (χ0) is 39.6. The van der Waals surface area contributed by atoms with Gasteiger partial charge in [-0.1, -0.05) is 182 Å². The van der Waals surface area contributed by atoms with E-state index >= 15 is 0 Å². The Hall–Kier alpha value is -8.09. The maximum Gasteiger partial charge on any atom is 0.164 e. The van der Waals surface area contributed by atoms with Gasteiger partial charge in [-0.2, -0.15) is 0 Å². The van der Waals surface area contributed by atoms with E-state index in [1.54, 1.807) is 0 Å². The number of aromatic nitrogens is 5. The third kappa shape index (κ3) is 5.11. The standard InChI is InChI=1S/C54H33N5O/c1-4-18-34(19-5-1)49-39-24-10-13-31-44(39)55-52(56-49)40-27-16-25-37-38-26-17-28-41(53-58-50(35-20-6-2-7-21-35)57-51(59-53)36-22-8-3-9-23-36)48(38)54(47(37)40)42-29-11-14-32-45(42)60-46-33-15-12-30-43(46)54/h1-33H. The summed E-state index contributed by atoms with van der Waals surface area (Å²) in [5, 5.41) is 1.00. The van der Waals surface area contributed by atoms with Gasteiger partial charge in [-0.3, -0.25) is 0 Å². The van der Waals surface area contributed by atoms with Gasteiger partial charge in [0, 0.05) is 44.3 Å². The van der Waals surface area contributed by atoms with E-state index < -0.39 is 5.41 Å². The van der Waals surface area contributed by atoms with Gasteiger partial charge in [0.05, 0.1) is 16.6 Å². The molecule has 0 fully saturated rings. The summed E-state index contributed by atoms with van der Waals surface area (Å²) in [5.41, 5.74) is 12.0. The van der Waals surface area contributed by atoms with E-state index in [2.05, 4.69) is 115 Å². The quantitative estimate of drug-likeness (QED) is 0.174. The third-order valence-electron chi connectivity index (χ3n) is 11.8. The van der Waals surface area contributed by atoms with Crippen LogP contribution in [0.2, 0.25) is 0 Å². The lowest BCUT2D eigenvalue weighted by molar-refractivity contribution is 0.436. The number of para-hydroxylation sites is 3. The van der Waals surface area contributed by atoms with E-state index in [0.29, 0.717) is 23.3 Å². The molecule has 6 heteroatoms. The molecule has 0 radical (unpaired) electrons. The Kier molecular flexibility index (Phi) is 7.65. The minimum absolute atomic E-state index is 0.586. The van der Waals surface area contributed by atoms with Crippen LogP contribution in [0.15, 0.2) is 200 Å². The molecule has 2 aromatic heterocycles. The van der Waals surface area contributed by atoms with Crippen molar-refractivity contribution in [1.82, 2.24) is 24.9 Å². The first-order valence-electron chi connectivity index (χ1n) is 20.1. The Morgan fingerprint density at radius 1 is 0.317 bits per heavy atom. The molecule has 0 N–H and O–H groups in total. The van der Waals surface area contributed by atoms with Crippen molar-refractivity contribution in [2.24, 2.45) is 0 Å². The number of nitrogens with zero attached hydrogens (tertiary/aromatic N) is 5. The van der Waals surface area contributed by atoms with Crippen LogP contribution in [-0.4, -0.2) is 24.9 Å². The topological polar surface area (TPSA) is 73.7 Å². The molecule has 0 atom stereocenters. The Bertz CT molecular complexity index is 3190. The molecule has 60 heavy (non-hydrogen) atoms. The monoisotopic (exact) mass is 767 g/mol. The van der Waals surface area contributed by atoms with Crippen molar-refractivity contribution in [3.63, 3.8) is 0 Å². The van der Waals surface area contributed by atoms with Gasteiger partial charge in [-0.25, -0.2) is 24.9 Å². The summed E-state index contributed by atoms with van der Waals surface area (Å²) in [4.78, 5) is 26.5. The minimum atomic E-state index is -0.891. The van der Waals surface area contributed by atoms with E-state index in [1.165, 1.54) is 0 Å². The second-order valence-electron chi connectivity index (χ2n) is 15.1. The van der Waals surface area contributed by atoms with Crippen molar-refractivity contribution < 1.29 is 4.74 Å². The average molecular weight is 768 g/mol. The van der Waals surface area contributed by atoms with Crippen molar-refractivity contribution in [1.29, 1.82) is 0 Å². The first-order chi connectivity index (χ1) is 29.8. The van der Waals surface area contributed by atoms with E-state index in [4.69, 9.17) is 29.7 Å². The maximum atomic E-state index is 6.80. The number of fused-ring (bicyclic) bond motifs is 10. The highest BCUT2D eigenvalue weighted by Crippen LogP contribution is 2.65. The van der Waals surface area contributed by atoms with Gasteiger partial charge >= 0.3 is 0 Å². The van der Waals surface area contributed by atoms with Crippen molar-refractivity contribution in [3.05, 3.63) is 222 Å². The molecule has 0 bridgehead atoms. The highest BCUT2D eigenvalue weighted by molar-refractivity contribution is 5.99. The zero-order valence-corrected chi connectivity index (χ0v) is 32.2. The Morgan fingerprint density at radius 3 is 1.32 bits per heavy atom. The fraction of sp³-hybridized carbons (Fsp3) is 0.0185. The van der Waals surface area contributed by atoms with Gasteiger partial charge in [0.2, 0.25) is 0 Å². The van der Waals surface area contributed by atoms with Gasteiger partial charge in [0.25, 0.3) is 0 Å². The first-order valence-corrected chi connectivity index (χ1v) is 20.1. The molecule has 280 valence electrons. The predicted molar refractivity (Wildman–Crippen MR) is 237 cm³/mol. The molecule has 1 aliphatic heterocycles. The number of rotatable bonds is 5. The summed E-state index contributed by atoms with van der Waals surface area (Å²) < 4.78 is 6.80. The fourth-order valence-corrected chi connectivity index (χ4v) is 9.33. The van der Waals surface area contributed by atoms with Crippen LogP contribution in [0.25, 0.3) is 78.8 Å². The molecule has 3 heterocycles. The van der Waals surface area contributed by atoms with Crippen LogP contribution in [0.4, 0.5) is 0 Å². The van der Waals surface area contributed by atoms with Crippen LogP contribution in [-0.2, 0) is 5.41 Å². The van der Waals surface area contributed by atoms with Gasteiger partial charge < -0.3 is 4.74 Å². The normalized spacial score (nSPS) is 12.9. The predicted octanol–water partition coefficient (Wildman–Crippen LogP) is 12.6. The lowest BCUT2D eigenvalue weighted by atomic mass is 9.64. The molecule has 0 unspecified atom stereocenters. The molecular formula is C54H33N5O. The van der Waals surface area contributed by atoms with Crippen molar-refractivity contribution in [2.45, 2.75) is 5.41 Å². The fourth-order valence-electron chi connectivity index (χ4n) is 9.33. The van der Waals surface area contributed by atoms with Crippen molar-refractivity contribution in [2.75, 3.05) is 0 Å². The van der Waals surface area contributed by atoms with E-state index in [9.17, 15) is 0 Å². The molecule has 0 saturated carbocycles. The van der Waals surface area contributed by atoms with Crippen molar-refractivity contribution in [3.8, 4) is 79.4 Å². The van der Waals surface area contributed by atoms with Gasteiger partial charge in [0.15, 0.2) is 23.3 Å². The summed E-state index contributed by atoms with van der Waals surface area (Å²) in [5.74, 6) is 4.02. The van der Waals surface area contributed by atoms with E-state index in [1.807, 2.05) is 84.9 Å². The maximum absolute atomic E-state index is 6.80. The summed E-state index contributed by atoms with van der Waals surface area (Å²) in [6, 6.07) is 68.8. The second kappa shape index (κ2) is 13.5. The summed E-state index contributed by atoms with van der Waals surface area (Å²) in [6.45, 7) is 0. The lowest BCUT2D eigenvalue weighted by Crippen LogP contribution is -2.33. The second-order valence-corrected chi connectivity index (χ2v) is 15.1. The molecule has 0 saturated heterocycles. The molecule has 1 aliphatic carbocycles. The molecule has 10 aromatic rings. The average Bonchev–Trinajstić information content (AvgIpc) is 3.63. The number of hydrogen-bond donors (Lipinski definition) is 0. The zero-order valence-electron chi connectivity index (χ0n) is 32.2. The number of ether oxygens (including phenoxy) is 1. The SMILES string of the molecule is c1ccc(-c2nc(-c3ccccc3)nc(-c3cccc4c3C3(c5ccccc5Oc5ccccc53)c3c(-c5nc(-c6ccccc6)c6ccccc6n5)cccc3-4)n2)cc1.